The van der Waals surface area contributed by atoms with Crippen molar-refractivity contribution in [1.29, 1.82) is 0 Å². The molecule has 1 heterocycles. The van der Waals surface area contributed by atoms with Crippen molar-refractivity contribution in [1.82, 2.24) is 9.97 Å². The summed E-state index contributed by atoms with van der Waals surface area (Å²) < 4.78 is 15.9. The van der Waals surface area contributed by atoms with Crippen molar-refractivity contribution >= 4 is 16.7 Å². The van der Waals surface area contributed by atoms with Crippen LogP contribution in [0.15, 0.2) is 42.7 Å². The number of anilines is 1. The van der Waals surface area contributed by atoms with Crippen LogP contribution < -0.4 is 19.5 Å². The summed E-state index contributed by atoms with van der Waals surface area (Å²) in [5.41, 5.74) is 1.92. The molecule has 1 N–H and O–H groups in total. The first-order chi connectivity index (χ1) is 11.7. The molecule has 6 heteroatoms. The van der Waals surface area contributed by atoms with E-state index in [0.717, 1.165) is 28.0 Å². The van der Waals surface area contributed by atoms with E-state index in [1.165, 1.54) is 0 Å². The van der Waals surface area contributed by atoms with Gasteiger partial charge in [0, 0.05) is 11.9 Å². The Hall–Kier alpha value is -3.02. The Balaban J connectivity index is 1.85. The highest BCUT2D eigenvalue weighted by Gasteiger charge is 2.07. The minimum absolute atomic E-state index is 0.601. The maximum absolute atomic E-state index is 5.33. The van der Waals surface area contributed by atoms with Crippen LogP contribution in [0.4, 0.5) is 5.82 Å². The number of ether oxygens (including phenoxy) is 3. The van der Waals surface area contributed by atoms with E-state index in [0.29, 0.717) is 18.0 Å². The number of rotatable bonds is 6. The maximum atomic E-state index is 5.33. The van der Waals surface area contributed by atoms with Gasteiger partial charge in [0.05, 0.1) is 26.8 Å². The molecule has 3 aromatic rings. The lowest BCUT2D eigenvalue weighted by Gasteiger charge is -2.12. The second-order valence-electron chi connectivity index (χ2n) is 5.15. The summed E-state index contributed by atoms with van der Waals surface area (Å²) in [6, 6.07) is 11.5. The standard InChI is InChI=1S/C18H19N3O3/c1-22-13-5-6-15-14(9-13)18(21-11-20-15)19-10-12-4-7-16(23-2)17(8-12)24-3/h4-9,11H,10H2,1-3H3,(H,19,20,21). The van der Waals surface area contributed by atoms with Gasteiger partial charge in [-0.3, -0.25) is 0 Å². The first-order valence-electron chi connectivity index (χ1n) is 7.48. The monoisotopic (exact) mass is 325 g/mol. The number of nitrogens with zero attached hydrogens (tertiary/aromatic N) is 2. The number of methoxy groups -OCH3 is 3. The fourth-order valence-electron chi connectivity index (χ4n) is 2.48. The van der Waals surface area contributed by atoms with Gasteiger partial charge in [-0.2, -0.15) is 0 Å². The second-order valence-corrected chi connectivity index (χ2v) is 5.15. The normalized spacial score (nSPS) is 10.5. The molecule has 0 amide bonds. The van der Waals surface area contributed by atoms with Gasteiger partial charge in [0.1, 0.15) is 17.9 Å². The second kappa shape index (κ2) is 7.04. The molecule has 2 aromatic carbocycles. The van der Waals surface area contributed by atoms with E-state index in [4.69, 9.17) is 14.2 Å². The van der Waals surface area contributed by atoms with E-state index in [1.54, 1.807) is 27.7 Å². The molecule has 0 bridgehead atoms. The summed E-state index contributed by atoms with van der Waals surface area (Å²) in [4.78, 5) is 8.62. The fourth-order valence-corrected chi connectivity index (χ4v) is 2.48. The summed E-state index contributed by atoms with van der Waals surface area (Å²) in [5, 5.41) is 4.26. The lowest BCUT2D eigenvalue weighted by molar-refractivity contribution is 0.354. The van der Waals surface area contributed by atoms with Crippen molar-refractivity contribution in [3.63, 3.8) is 0 Å². The highest BCUT2D eigenvalue weighted by molar-refractivity contribution is 5.89. The highest BCUT2D eigenvalue weighted by atomic mass is 16.5. The van der Waals surface area contributed by atoms with Crippen molar-refractivity contribution in [2.24, 2.45) is 0 Å². The molecule has 0 atom stereocenters. The first kappa shape index (κ1) is 15.9. The Morgan fingerprint density at radius 3 is 2.46 bits per heavy atom. The van der Waals surface area contributed by atoms with Crippen LogP contribution in [0.1, 0.15) is 5.56 Å². The Morgan fingerprint density at radius 1 is 0.875 bits per heavy atom. The van der Waals surface area contributed by atoms with Gasteiger partial charge < -0.3 is 19.5 Å². The average molecular weight is 325 g/mol. The van der Waals surface area contributed by atoms with Crippen LogP contribution in [0.25, 0.3) is 10.9 Å². The van der Waals surface area contributed by atoms with Gasteiger partial charge in [0.25, 0.3) is 0 Å². The average Bonchev–Trinajstić information content (AvgIpc) is 2.65. The molecule has 0 aliphatic rings. The van der Waals surface area contributed by atoms with Gasteiger partial charge >= 0.3 is 0 Å². The van der Waals surface area contributed by atoms with Crippen molar-refractivity contribution in [2.75, 3.05) is 26.6 Å². The van der Waals surface area contributed by atoms with Crippen LogP contribution in [0, 0.1) is 0 Å². The fraction of sp³-hybridized carbons (Fsp3) is 0.222. The van der Waals surface area contributed by atoms with Gasteiger partial charge in [-0.15, -0.1) is 0 Å². The smallest absolute Gasteiger partial charge is 0.161 e. The zero-order valence-electron chi connectivity index (χ0n) is 13.9. The maximum Gasteiger partial charge on any atom is 0.161 e. The molecule has 0 saturated heterocycles. The van der Waals surface area contributed by atoms with Crippen LogP contribution in [0.5, 0.6) is 17.2 Å². The Kier molecular flexibility index (Phi) is 4.65. The van der Waals surface area contributed by atoms with Gasteiger partial charge in [0.2, 0.25) is 0 Å². The minimum Gasteiger partial charge on any atom is -0.497 e. The van der Waals surface area contributed by atoms with E-state index in [-0.39, 0.29) is 0 Å². The summed E-state index contributed by atoms with van der Waals surface area (Å²) in [6.45, 7) is 0.601. The van der Waals surface area contributed by atoms with Crippen molar-refractivity contribution < 1.29 is 14.2 Å². The largest absolute Gasteiger partial charge is 0.497 e. The molecule has 0 fully saturated rings. The van der Waals surface area contributed by atoms with Crippen molar-refractivity contribution in [2.45, 2.75) is 6.54 Å². The molecule has 0 aliphatic carbocycles. The molecule has 0 unspecified atom stereocenters. The van der Waals surface area contributed by atoms with E-state index in [1.807, 2.05) is 36.4 Å². The first-order valence-corrected chi connectivity index (χ1v) is 7.48. The summed E-state index contributed by atoms with van der Waals surface area (Å²) in [5.74, 6) is 2.93. The Bertz CT molecular complexity index is 852. The summed E-state index contributed by atoms with van der Waals surface area (Å²) in [6.07, 6.45) is 1.55. The van der Waals surface area contributed by atoms with Gasteiger partial charge in [-0.25, -0.2) is 9.97 Å². The SMILES string of the molecule is COc1ccc2ncnc(NCc3ccc(OC)c(OC)c3)c2c1. The van der Waals surface area contributed by atoms with E-state index in [2.05, 4.69) is 15.3 Å². The topological polar surface area (TPSA) is 65.5 Å². The molecule has 0 saturated carbocycles. The Labute approximate surface area is 140 Å². The molecule has 0 radical (unpaired) electrons. The third-order valence-electron chi connectivity index (χ3n) is 3.75. The van der Waals surface area contributed by atoms with Crippen LogP contribution in [-0.4, -0.2) is 31.3 Å². The molecular weight excluding hydrogens is 306 g/mol. The third-order valence-corrected chi connectivity index (χ3v) is 3.75. The molecule has 124 valence electrons. The molecule has 0 aliphatic heterocycles. The molecule has 0 spiro atoms. The highest BCUT2D eigenvalue weighted by Crippen LogP contribution is 2.28. The van der Waals surface area contributed by atoms with Gasteiger partial charge in [-0.1, -0.05) is 6.07 Å². The van der Waals surface area contributed by atoms with Crippen molar-refractivity contribution in [3.8, 4) is 17.2 Å². The molecule has 1 aromatic heterocycles. The quantitative estimate of drug-likeness (QED) is 0.750. The minimum atomic E-state index is 0.601. The van der Waals surface area contributed by atoms with E-state index in [9.17, 15) is 0 Å². The Morgan fingerprint density at radius 2 is 1.71 bits per heavy atom. The van der Waals surface area contributed by atoms with Crippen molar-refractivity contribution in [3.05, 3.63) is 48.3 Å². The molecule has 3 rings (SSSR count). The van der Waals surface area contributed by atoms with Gasteiger partial charge in [-0.05, 0) is 35.9 Å². The lowest BCUT2D eigenvalue weighted by atomic mass is 10.2. The molecule has 6 nitrogen and oxygen atoms in total. The lowest BCUT2D eigenvalue weighted by Crippen LogP contribution is -2.03. The summed E-state index contributed by atoms with van der Waals surface area (Å²) in [7, 11) is 4.89. The van der Waals surface area contributed by atoms with Crippen LogP contribution in [0.2, 0.25) is 0 Å². The number of aromatic nitrogens is 2. The zero-order valence-corrected chi connectivity index (χ0v) is 13.9. The summed E-state index contributed by atoms with van der Waals surface area (Å²) >= 11 is 0. The van der Waals surface area contributed by atoms with Crippen LogP contribution >= 0.6 is 0 Å². The van der Waals surface area contributed by atoms with E-state index >= 15 is 0 Å². The third kappa shape index (κ3) is 3.17. The predicted molar refractivity (Wildman–Crippen MR) is 93.0 cm³/mol. The van der Waals surface area contributed by atoms with Crippen LogP contribution in [-0.2, 0) is 6.54 Å². The number of fused-ring (bicyclic) bond motifs is 1. The number of hydrogen-bond acceptors (Lipinski definition) is 6. The zero-order chi connectivity index (χ0) is 16.9. The number of hydrogen-bond donors (Lipinski definition) is 1. The molecular formula is C18H19N3O3. The predicted octanol–water partition coefficient (Wildman–Crippen LogP) is 3.27. The number of nitrogens with one attached hydrogen (secondary N) is 1. The van der Waals surface area contributed by atoms with E-state index < -0.39 is 0 Å². The number of benzene rings is 2. The van der Waals surface area contributed by atoms with Crippen LogP contribution in [0.3, 0.4) is 0 Å². The molecule has 24 heavy (non-hydrogen) atoms. The van der Waals surface area contributed by atoms with Gasteiger partial charge in [0.15, 0.2) is 11.5 Å².